The molecular formula is C14H15N2O3S2-. The van der Waals surface area contributed by atoms with Crippen molar-refractivity contribution < 1.29 is 14.7 Å². The van der Waals surface area contributed by atoms with Gasteiger partial charge >= 0.3 is 0 Å². The van der Waals surface area contributed by atoms with E-state index >= 15 is 0 Å². The Bertz CT molecular complexity index is 621. The molecule has 1 aromatic rings. The first kappa shape index (κ1) is 15.8. The van der Waals surface area contributed by atoms with E-state index in [9.17, 15) is 14.7 Å². The average Bonchev–Trinajstić information content (AvgIpc) is 2.93. The smallest absolute Gasteiger partial charge is 0.266 e. The van der Waals surface area contributed by atoms with E-state index in [-0.39, 0.29) is 10.2 Å². The van der Waals surface area contributed by atoms with E-state index in [1.54, 1.807) is 6.08 Å². The highest BCUT2D eigenvalue weighted by molar-refractivity contribution is 8.26. The minimum absolute atomic E-state index is 0.267. The summed E-state index contributed by atoms with van der Waals surface area (Å²) < 4.78 is 2.14. The fourth-order valence-corrected chi connectivity index (χ4v) is 3.47. The normalized spacial score (nSPS) is 18.6. The molecule has 1 aromatic heterocycles. The molecule has 0 aromatic carbocycles. The average molecular weight is 323 g/mol. The van der Waals surface area contributed by atoms with Crippen molar-refractivity contribution in [3.05, 3.63) is 28.9 Å². The van der Waals surface area contributed by atoms with Gasteiger partial charge in [-0.1, -0.05) is 37.3 Å². The number of thioether (sulfide) groups is 1. The van der Waals surface area contributed by atoms with Crippen LogP contribution in [0.5, 0.6) is 0 Å². The summed E-state index contributed by atoms with van der Waals surface area (Å²) >= 11 is 6.29. The third-order valence-corrected chi connectivity index (χ3v) is 4.56. The van der Waals surface area contributed by atoms with Crippen molar-refractivity contribution in [2.45, 2.75) is 25.8 Å². The van der Waals surface area contributed by atoms with Gasteiger partial charge in [0, 0.05) is 18.9 Å². The molecule has 0 bridgehead atoms. The highest BCUT2D eigenvalue weighted by atomic mass is 32.2. The molecule has 21 heavy (non-hydrogen) atoms. The van der Waals surface area contributed by atoms with Crippen LogP contribution in [0.3, 0.4) is 0 Å². The quantitative estimate of drug-likeness (QED) is 0.601. The fourth-order valence-electron chi connectivity index (χ4n) is 2.13. The molecule has 7 heteroatoms. The van der Waals surface area contributed by atoms with E-state index in [2.05, 4.69) is 0 Å². The molecule has 1 aliphatic rings. The minimum Gasteiger partial charge on any atom is -0.548 e. The number of nitrogens with zero attached hydrogens (tertiary/aromatic N) is 2. The van der Waals surface area contributed by atoms with Crippen molar-refractivity contribution in [1.82, 2.24) is 9.47 Å². The van der Waals surface area contributed by atoms with Crippen LogP contribution in [0.25, 0.3) is 6.08 Å². The molecule has 1 fully saturated rings. The van der Waals surface area contributed by atoms with Crippen LogP contribution >= 0.6 is 24.0 Å². The van der Waals surface area contributed by atoms with Crippen LogP contribution in [0.1, 0.15) is 25.5 Å². The summed E-state index contributed by atoms with van der Waals surface area (Å²) in [6, 6.07) is 2.74. The van der Waals surface area contributed by atoms with Gasteiger partial charge in [-0.3, -0.25) is 9.69 Å². The second kappa shape index (κ2) is 6.44. The number of carboxylic acids is 1. The van der Waals surface area contributed by atoms with Crippen molar-refractivity contribution in [2.75, 3.05) is 0 Å². The first-order chi connectivity index (χ1) is 9.95. The number of carbonyl (C=O) groups is 2. The maximum atomic E-state index is 12.4. The zero-order valence-corrected chi connectivity index (χ0v) is 13.4. The molecule has 0 unspecified atom stereocenters. The van der Waals surface area contributed by atoms with Crippen molar-refractivity contribution in [1.29, 1.82) is 0 Å². The van der Waals surface area contributed by atoms with E-state index in [0.717, 1.165) is 22.4 Å². The molecule has 1 amide bonds. The number of carboxylic acid groups (broad SMARTS) is 1. The zero-order valence-electron chi connectivity index (χ0n) is 11.7. The van der Waals surface area contributed by atoms with Crippen LogP contribution < -0.4 is 5.11 Å². The van der Waals surface area contributed by atoms with Gasteiger partial charge in [0.25, 0.3) is 5.91 Å². The fraction of sp³-hybridized carbons (Fsp3) is 0.357. The third kappa shape index (κ3) is 3.19. The molecule has 0 aliphatic carbocycles. The Morgan fingerprint density at radius 1 is 1.57 bits per heavy atom. The number of hydrogen-bond acceptors (Lipinski definition) is 5. The Morgan fingerprint density at radius 2 is 2.29 bits per heavy atom. The summed E-state index contributed by atoms with van der Waals surface area (Å²) in [4.78, 5) is 25.3. The zero-order chi connectivity index (χ0) is 15.6. The number of rotatable bonds is 5. The molecule has 5 nitrogen and oxygen atoms in total. The summed E-state index contributed by atoms with van der Waals surface area (Å²) in [6.45, 7) is 1.85. The van der Waals surface area contributed by atoms with Crippen molar-refractivity contribution in [3.8, 4) is 0 Å². The molecule has 1 aliphatic heterocycles. The first-order valence-corrected chi connectivity index (χ1v) is 7.77. The Labute approximate surface area is 132 Å². The van der Waals surface area contributed by atoms with Crippen LogP contribution in [0.2, 0.25) is 0 Å². The molecule has 0 radical (unpaired) electrons. The Kier molecular flexibility index (Phi) is 4.84. The highest BCUT2D eigenvalue weighted by Gasteiger charge is 2.37. The van der Waals surface area contributed by atoms with E-state index in [0.29, 0.717) is 17.7 Å². The van der Waals surface area contributed by atoms with Crippen LogP contribution in [-0.2, 0) is 16.6 Å². The third-order valence-electron chi connectivity index (χ3n) is 3.23. The standard InChI is InChI=1S/C14H16N2O3S2/c1-3-5-10(13(18)19)16-12(17)11(21-14(16)20)8-9-6-4-7-15(9)2/h4,6-8,10H,3,5H2,1-2H3,(H,18,19)/p-1/t10-/m0/s1. The van der Waals surface area contributed by atoms with Gasteiger partial charge in [0.1, 0.15) is 4.32 Å². The number of hydrogen-bond donors (Lipinski definition) is 0. The van der Waals surface area contributed by atoms with Gasteiger partial charge in [0.15, 0.2) is 0 Å². The molecule has 0 spiro atoms. The Hall–Kier alpha value is -1.60. The Balaban J connectivity index is 2.30. The van der Waals surface area contributed by atoms with Crippen molar-refractivity contribution >= 4 is 46.3 Å². The number of aliphatic carboxylic acids is 1. The monoisotopic (exact) mass is 323 g/mol. The predicted molar refractivity (Wildman–Crippen MR) is 84.1 cm³/mol. The van der Waals surface area contributed by atoms with E-state index in [4.69, 9.17) is 12.2 Å². The molecule has 2 rings (SSSR count). The number of aryl methyl sites for hydroxylation is 1. The number of carbonyl (C=O) groups excluding carboxylic acids is 2. The van der Waals surface area contributed by atoms with Gasteiger partial charge in [0.05, 0.1) is 16.9 Å². The van der Waals surface area contributed by atoms with Crippen LogP contribution in [-0.4, -0.2) is 31.7 Å². The summed E-state index contributed by atoms with van der Waals surface area (Å²) in [6.07, 6.45) is 4.55. The molecular weight excluding hydrogens is 308 g/mol. The predicted octanol–water partition coefficient (Wildman–Crippen LogP) is 1.14. The van der Waals surface area contributed by atoms with Gasteiger partial charge in [-0.05, 0) is 24.6 Å². The van der Waals surface area contributed by atoms with Gasteiger partial charge in [0.2, 0.25) is 0 Å². The van der Waals surface area contributed by atoms with Crippen molar-refractivity contribution in [3.63, 3.8) is 0 Å². The summed E-state index contributed by atoms with van der Waals surface area (Å²) in [7, 11) is 1.87. The lowest BCUT2D eigenvalue weighted by Gasteiger charge is -2.27. The second-order valence-corrected chi connectivity index (χ2v) is 6.39. The van der Waals surface area contributed by atoms with E-state index in [1.165, 1.54) is 0 Å². The van der Waals surface area contributed by atoms with Crippen LogP contribution in [0.15, 0.2) is 23.2 Å². The number of thiocarbonyl (C=S) groups is 1. The summed E-state index contributed by atoms with van der Waals surface area (Å²) in [5.41, 5.74) is 0.857. The summed E-state index contributed by atoms with van der Waals surface area (Å²) in [5, 5.41) is 11.2. The lowest BCUT2D eigenvalue weighted by molar-refractivity contribution is -0.310. The molecule has 1 atom stereocenters. The van der Waals surface area contributed by atoms with Crippen molar-refractivity contribution in [2.24, 2.45) is 7.05 Å². The molecule has 0 saturated carbocycles. The molecule has 0 N–H and O–H groups in total. The van der Waals surface area contributed by atoms with Crippen LogP contribution in [0.4, 0.5) is 0 Å². The summed E-state index contributed by atoms with van der Waals surface area (Å²) in [5.74, 6) is -1.64. The van der Waals surface area contributed by atoms with Gasteiger partial charge in [-0.15, -0.1) is 0 Å². The minimum atomic E-state index is -1.27. The molecule has 112 valence electrons. The lowest BCUT2D eigenvalue weighted by Crippen LogP contribution is -2.49. The Morgan fingerprint density at radius 3 is 2.81 bits per heavy atom. The number of aromatic nitrogens is 1. The lowest BCUT2D eigenvalue weighted by atomic mass is 10.1. The first-order valence-electron chi connectivity index (χ1n) is 6.55. The van der Waals surface area contributed by atoms with Crippen LogP contribution in [0, 0.1) is 0 Å². The van der Waals surface area contributed by atoms with Gasteiger partial charge in [-0.25, -0.2) is 0 Å². The van der Waals surface area contributed by atoms with Gasteiger partial charge < -0.3 is 14.5 Å². The largest absolute Gasteiger partial charge is 0.548 e. The van der Waals surface area contributed by atoms with Gasteiger partial charge in [-0.2, -0.15) is 0 Å². The second-order valence-electron chi connectivity index (χ2n) is 4.72. The van der Waals surface area contributed by atoms with E-state index in [1.807, 2.05) is 36.9 Å². The topological polar surface area (TPSA) is 65.4 Å². The maximum absolute atomic E-state index is 12.4. The van der Waals surface area contributed by atoms with E-state index < -0.39 is 12.0 Å². The highest BCUT2D eigenvalue weighted by Crippen LogP contribution is 2.34. The SMILES string of the molecule is CCC[C@@H](C(=O)[O-])N1C(=O)C(=Cc2cccn2C)SC1=S. The number of amides is 1. The molecule has 2 heterocycles. The molecule has 1 saturated heterocycles. The maximum Gasteiger partial charge on any atom is 0.266 e.